The maximum absolute atomic E-state index is 13.4. The van der Waals surface area contributed by atoms with Gasteiger partial charge in [0.25, 0.3) is 5.91 Å². The maximum atomic E-state index is 13.4. The zero-order valence-corrected chi connectivity index (χ0v) is 27.3. The highest BCUT2D eigenvalue weighted by Crippen LogP contribution is 2.26. The van der Waals surface area contributed by atoms with Crippen LogP contribution in [0.5, 0.6) is 0 Å². The first kappa shape index (κ1) is 34.7. The number of carbonyl (C=O) groups is 1. The van der Waals surface area contributed by atoms with E-state index >= 15 is 0 Å². The van der Waals surface area contributed by atoms with Crippen LogP contribution in [-0.4, -0.2) is 101 Å². The minimum Gasteiger partial charge on any atom is -0.390 e. The van der Waals surface area contributed by atoms with Gasteiger partial charge in [-0.3, -0.25) is 9.10 Å². The highest BCUT2D eigenvalue weighted by molar-refractivity contribution is 7.92. The second-order valence-electron chi connectivity index (χ2n) is 10.8. The third kappa shape index (κ3) is 8.34. The Balaban J connectivity index is 1.47. The predicted octanol–water partition coefficient (Wildman–Crippen LogP) is 0.225. The average Bonchev–Trinajstić information content (AvgIpc) is 3.03. The molecule has 1 aromatic heterocycles. The average molecular weight is 672 g/mol. The van der Waals surface area contributed by atoms with Crippen LogP contribution < -0.4 is 25.6 Å². The number of carbonyl (C=O) groups excluding carboxylic acids is 1. The summed E-state index contributed by atoms with van der Waals surface area (Å²) in [6.07, 6.45) is 0.292. The van der Waals surface area contributed by atoms with E-state index in [9.17, 15) is 32.0 Å². The fraction of sp³-hybridized carbons (Fsp3) is 0.379. The molecule has 1 aliphatic rings. The first-order chi connectivity index (χ1) is 21.7. The lowest BCUT2D eigenvalue weighted by Gasteiger charge is -2.34. The van der Waals surface area contributed by atoms with Gasteiger partial charge in [-0.25, -0.2) is 26.8 Å². The van der Waals surface area contributed by atoms with Crippen LogP contribution in [0.3, 0.4) is 0 Å². The summed E-state index contributed by atoms with van der Waals surface area (Å²) in [5.41, 5.74) is 7.54. The number of piperazine rings is 1. The van der Waals surface area contributed by atoms with Crippen LogP contribution in [0, 0.1) is 18.3 Å². The molecule has 1 amide bonds. The van der Waals surface area contributed by atoms with E-state index in [0.29, 0.717) is 42.5 Å². The van der Waals surface area contributed by atoms with Gasteiger partial charge in [0.2, 0.25) is 26.0 Å². The van der Waals surface area contributed by atoms with Crippen molar-refractivity contribution in [1.82, 2.24) is 19.6 Å². The van der Waals surface area contributed by atoms with Crippen molar-refractivity contribution in [3.05, 3.63) is 71.0 Å². The highest BCUT2D eigenvalue weighted by atomic mass is 32.2. The van der Waals surface area contributed by atoms with Crippen LogP contribution in [-0.2, 0) is 26.6 Å². The number of aliphatic hydroxyl groups excluding tert-OH is 1. The molecule has 1 unspecified atom stereocenters. The van der Waals surface area contributed by atoms with E-state index in [2.05, 4.69) is 20.6 Å². The van der Waals surface area contributed by atoms with Gasteiger partial charge in [0.05, 0.1) is 28.5 Å². The minimum atomic E-state index is -3.85. The number of aromatic nitrogens is 2. The molecule has 2 heterocycles. The normalized spacial score (nSPS) is 14.8. The van der Waals surface area contributed by atoms with Crippen molar-refractivity contribution >= 4 is 43.3 Å². The van der Waals surface area contributed by atoms with Crippen LogP contribution in [0.1, 0.15) is 27.3 Å². The van der Waals surface area contributed by atoms with Gasteiger partial charge in [-0.15, -0.1) is 0 Å². The Hall–Kier alpha value is -4.18. The van der Waals surface area contributed by atoms with E-state index < -0.39 is 32.1 Å². The second kappa shape index (κ2) is 14.5. The SMILES string of the molecule is Cc1cc(C#N)nc(N2CCN(S(=O)(=O)c3ccc(NC(=O)c4cc(CNCC(O)CN)ccc4N(C)S(C)(=O)=O)cc3)CC2)n1. The number of hydrogen-bond donors (Lipinski definition) is 4. The molecule has 3 aromatic rings. The molecule has 0 radical (unpaired) electrons. The number of anilines is 3. The number of rotatable bonds is 12. The van der Waals surface area contributed by atoms with Gasteiger partial charge in [-0.2, -0.15) is 9.57 Å². The van der Waals surface area contributed by atoms with E-state index in [0.717, 1.165) is 10.6 Å². The van der Waals surface area contributed by atoms with Gasteiger partial charge in [-0.05, 0) is 55.0 Å². The first-order valence-corrected chi connectivity index (χ1v) is 17.6. The summed E-state index contributed by atoms with van der Waals surface area (Å²) in [5.74, 6) is -0.217. The second-order valence-corrected chi connectivity index (χ2v) is 14.7. The van der Waals surface area contributed by atoms with Crippen molar-refractivity contribution in [2.45, 2.75) is 24.5 Å². The zero-order valence-electron chi connectivity index (χ0n) is 25.7. The molecule has 1 atom stereocenters. The molecule has 0 aliphatic carbocycles. The lowest BCUT2D eigenvalue weighted by molar-refractivity contribution is 0.102. The molecule has 5 N–H and O–H groups in total. The van der Waals surface area contributed by atoms with E-state index in [4.69, 9.17) is 5.73 Å². The van der Waals surface area contributed by atoms with E-state index in [-0.39, 0.29) is 48.0 Å². The number of aryl methyl sites for hydroxylation is 1. The molecule has 2 aromatic carbocycles. The summed E-state index contributed by atoms with van der Waals surface area (Å²) in [4.78, 5) is 23.9. The molecule has 1 fully saturated rings. The smallest absolute Gasteiger partial charge is 0.257 e. The molecular weight excluding hydrogens is 635 g/mol. The van der Waals surface area contributed by atoms with Gasteiger partial charge in [0.15, 0.2) is 0 Å². The largest absolute Gasteiger partial charge is 0.390 e. The molecular formula is C29H37N9O6S2. The van der Waals surface area contributed by atoms with Crippen LogP contribution in [0.2, 0.25) is 0 Å². The van der Waals surface area contributed by atoms with Crippen LogP contribution >= 0.6 is 0 Å². The van der Waals surface area contributed by atoms with Gasteiger partial charge >= 0.3 is 0 Å². The first-order valence-electron chi connectivity index (χ1n) is 14.3. The van der Waals surface area contributed by atoms with Gasteiger partial charge in [-0.1, -0.05) is 6.07 Å². The summed E-state index contributed by atoms with van der Waals surface area (Å²) in [6, 6.07) is 14.0. The van der Waals surface area contributed by atoms with E-state index in [1.54, 1.807) is 25.1 Å². The topological polar surface area (TPSA) is 215 Å². The molecule has 1 aliphatic heterocycles. The van der Waals surface area contributed by atoms with Crippen molar-refractivity contribution in [3.8, 4) is 6.07 Å². The van der Waals surface area contributed by atoms with Crippen LogP contribution in [0.25, 0.3) is 0 Å². The minimum absolute atomic E-state index is 0.0442. The van der Waals surface area contributed by atoms with E-state index in [1.165, 1.54) is 41.7 Å². The molecule has 246 valence electrons. The van der Waals surface area contributed by atoms with Crippen LogP contribution in [0.15, 0.2) is 53.4 Å². The number of nitrogens with zero attached hydrogens (tertiary/aromatic N) is 6. The molecule has 4 rings (SSSR count). The number of hydrogen-bond acceptors (Lipinski definition) is 12. The summed E-state index contributed by atoms with van der Waals surface area (Å²) in [7, 11) is -6.20. The number of nitriles is 1. The lowest BCUT2D eigenvalue weighted by atomic mass is 10.1. The Bertz CT molecular complexity index is 1820. The quantitative estimate of drug-likeness (QED) is 0.204. The van der Waals surface area contributed by atoms with Crippen molar-refractivity contribution in [2.75, 3.05) is 67.1 Å². The van der Waals surface area contributed by atoms with Crippen molar-refractivity contribution in [3.63, 3.8) is 0 Å². The molecule has 17 heteroatoms. The Kier molecular flexibility index (Phi) is 10.9. The van der Waals surface area contributed by atoms with E-state index in [1.807, 2.05) is 11.0 Å². The number of benzene rings is 2. The number of aliphatic hydroxyl groups is 1. The number of sulfonamides is 2. The summed E-state index contributed by atoms with van der Waals surface area (Å²) < 4.78 is 53.7. The van der Waals surface area contributed by atoms with Gasteiger partial charge in [0, 0.05) is 64.2 Å². The van der Waals surface area contributed by atoms with Crippen molar-refractivity contribution in [2.24, 2.45) is 5.73 Å². The molecule has 0 spiro atoms. The number of nitrogens with two attached hydrogens (primary N) is 1. The summed E-state index contributed by atoms with van der Waals surface area (Å²) in [6.45, 7) is 3.43. The summed E-state index contributed by atoms with van der Waals surface area (Å²) >= 11 is 0. The monoisotopic (exact) mass is 671 g/mol. The molecule has 0 saturated carbocycles. The Morgan fingerprint density at radius 2 is 1.76 bits per heavy atom. The van der Waals surface area contributed by atoms with Crippen LogP contribution in [0.4, 0.5) is 17.3 Å². The Labute approximate surface area is 268 Å². The predicted molar refractivity (Wildman–Crippen MR) is 173 cm³/mol. The highest BCUT2D eigenvalue weighted by Gasteiger charge is 2.30. The fourth-order valence-corrected chi connectivity index (χ4v) is 6.67. The van der Waals surface area contributed by atoms with Gasteiger partial charge in [0.1, 0.15) is 11.8 Å². The Morgan fingerprint density at radius 3 is 2.37 bits per heavy atom. The zero-order chi connectivity index (χ0) is 33.6. The maximum Gasteiger partial charge on any atom is 0.257 e. The third-order valence-electron chi connectivity index (χ3n) is 7.35. The molecule has 15 nitrogen and oxygen atoms in total. The molecule has 1 saturated heterocycles. The molecule has 0 bridgehead atoms. The Morgan fingerprint density at radius 1 is 1.09 bits per heavy atom. The molecule has 46 heavy (non-hydrogen) atoms. The lowest BCUT2D eigenvalue weighted by Crippen LogP contribution is -2.49. The number of amides is 1. The standard InChI is InChI=1S/C29H37N9O6S2/c1-20-14-23(16-30)35-29(33-20)37-10-12-38(13-11-37)46(43,44)25-7-5-22(6-8-25)34-28(40)26-15-21(18-32-19-24(39)17-31)4-9-27(26)36(2)45(3,41)42/h4-9,14-15,24,32,39H,10-13,17-19,31H2,1-3H3,(H,34,40). The number of nitrogens with one attached hydrogen (secondary N) is 2. The van der Waals surface area contributed by atoms with Gasteiger partial charge < -0.3 is 26.4 Å². The third-order valence-corrected chi connectivity index (χ3v) is 10.5. The van der Waals surface area contributed by atoms with Crippen molar-refractivity contribution < 1.29 is 26.7 Å². The summed E-state index contributed by atoms with van der Waals surface area (Å²) in [5, 5.41) is 24.7. The van der Waals surface area contributed by atoms with Crippen molar-refractivity contribution in [1.29, 1.82) is 5.26 Å². The fourth-order valence-electron chi connectivity index (χ4n) is 4.73.